The van der Waals surface area contributed by atoms with Gasteiger partial charge in [-0.2, -0.15) is 0 Å². The van der Waals surface area contributed by atoms with Crippen LogP contribution in [0.25, 0.3) is 10.9 Å². The first kappa shape index (κ1) is 14.2. The van der Waals surface area contributed by atoms with Crippen LogP contribution in [0.4, 0.5) is 0 Å². The molecule has 1 aromatic heterocycles. The van der Waals surface area contributed by atoms with Crippen LogP contribution in [-0.4, -0.2) is 33.2 Å². The van der Waals surface area contributed by atoms with Gasteiger partial charge in [0.25, 0.3) is 0 Å². The Hall–Kier alpha value is -1.75. The molecule has 3 rings (SSSR count). The van der Waals surface area contributed by atoms with E-state index in [0.717, 1.165) is 23.4 Å². The smallest absolute Gasteiger partial charge is 0.223 e. The fraction of sp³-hybridized carbons (Fsp3) is 0.375. The van der Waals surface area contributed by atoms with Crippen molar-refractivity contribution in [3.05, 3.63) is 36.0 Å². The molecule has 1 aliphatic heterocycles. The van der Waals surface area contributed by atoms with Crippen molar-refractivity contribution in [1.29, 1.82) is 0 Å². The SMILES string of the molecule is CC(=O)SCC1CC(=O)N(Cc2cccc3cc[nH]c23)C1. The number of hydrogen-bond acceptors (Lipinski definition) is 3. The Balaban J connectivity index is 1.69. The van der Waals surface area contributed by atoms with Crippen molar-refractivity contribution in [3.63, 3.8) is 0 Å². The Morgan fingerprint density at radius 2 is 2.29 bits per heavy atom. The molecule has 4 nitrogen and oxygen atoms in total. The van der Waals surface area contributed by atoms with E-state index >= 15 is 0 Å². The molecule has 0 bridgehead atoms. The Morgan fingerprint density at radius 3 is 3.10 bits per heavy atom. The van der Waals surface area contributed by atoms with Crippen molar-refractivity contribution in [2.24, 2.45) is 5.92 Å². The summed E-state index contributed by atoms with van der Waals surface area (Å²) in [5.74, 6) is 1.21. The standard InChI is InChI=1S/C16H18N2O2S/c1-11(19)21-10-12-7-15(20)18(8-12)9-14-4-2-3-13-5-6-17-16(13)14/h2-6,12,17H,7-10H2,1H3. The number of aromatic amines is 1. The van der Waals surface area contributed by atoms with E-state index in [1.165, 1.54) is 17.1 Å². The summed E-state index contributed by atoms with van der Waals surface area (Å²) in [6.07, 6.45) is 2.48. The van der Waals surface area contributed by atoms with E-state index in [2.05, 4.69) is 17.1 Å². The number of thioether (sulfide) groups is 1. The van der Waals surface area contributed by atoms with Crippen molar-refractivity contribution in [2.45, 2.75) is 19.9 Å². The number of aromatic nitrogens is 1. The van der Waals surface area contributed by atoms with Gasteiger partial charge in [0.1, 0.15) is 0 Å². The summed E-state index contributed by atoms with van der Waals surface area (Å²) in [5.41, 5.74) is 2.25. The van der Waals surface area contributed by atoms with Crippen molar-refractivity contribution in [1.82, 2.24) is 9.88 Å². The highest BCUT2D eigenvalue weighted by Crippen LogP contribution is 2.25. The zero-order valence-corrected chi connectivity index (χ0v) is 12.8. The van der Waals surface area contributed by atoms with Gasteiger partial charge in [-0.3, -0.25) is 9.59 Å². The van der Waals surface area contributed by atoms with E-state index in [1.807, 2.05) is 23.2 Å². The molecule has 1 unspecified atom stereocenters. The van der Waals surface area contributed by atoms with Crippen molar-refractivity contribution >= 4 is 33.7 Å². The number of fused-ring (bicyclic) bond motifs is 1. The van der Waals surface area contributed by atoms with Crippen LogP contribution in [-0.2, 0) is 16.1 Å². The van der Waals surface area contributed by atoms with Crippen molar-refractivity contribution in [2.75, 3.05) is 12.3 Å². The van der Waals surface area contributed by atoms with Gasteiger partial charge in [0.05, 0.1) is 5.52 Å². The molecular formula is C16H18N2O2S. The first-order valence-electron chi connectivity index (χ1n) is 7.09. The molecule has 0 radical (unpaired) electrons. The fourth-order valence-corrected chi connectivity index (χ4v) is 3.53. The van der Waals surface area contributed by atoms with Gasteiger partial charge in [-0.1, -0.05) is 30.0 Å². The maximum absolute atomic E-state index is 12.1. The lowest BCUT2D eigenvalue weighted by Gasteiger charge is -2.17. The zero-order valence-electron chi connectivity index (χ0n) is 12.0. The normalized spacial score (nSPS) is 18.6. The predicted molar refractivity (Wildman–Crippen MR) is 85.0 cm³/mol. The van der Waals surface area contributed by atoms with E-state index in [0.29, 0.717) is 13.0 Å². The summed E-state index contributed by atoms with van der Waals surface area (Å²) in [7, 11) is 0. The predicted octanol–water partition coefficient (Wildman–Crippen LogP) is 2.80. The molecule has 110 valence electrons. The first-order chi connectivity index (χ1) is 10.1. The van der Waals surface area contributed by atoms with Crippen LogP contribution < -0.4 is 0 Å². The Bertz CT molecular complexity index is 680. The number of hydrogen-bond donors (Lipinski definition) is 1. The molecule has 1 N–H and O–H groups in total. The van der Waals surface area contributed by atoms with Crippen molar-refractivity contribution in [3.8, 4) is 0 Å². The number of para-hydroxylation sites is 1. The third-order valence-corrected chi connectivity index (χ3v) is 4.90. The lowest BCUT2D eigenvalue weighted by molar-refractivity contribution is -0.128. The van der Waals surface area contributed by atoms with Crippen LogP contribution in [0.3, 0.4) is 0 Å². The summed E-state index contributed by atoms with van der Waals surface area (Å²) in [6, 6.07) is 8.18. The molecule has 1 aliphatic rings. The number of H-pyrrole nitrogens is 1. The third kappa shape index (κ3) is 3.13. The third-order valence-electron chi connectivity index (χ3n) is 3.85. The summed E-state index contributed by atoms with van der Waals surface area (Å²) < 4.78 is 0. The topological polar surface area (TPSA) is 53.2 Å². The molecule has 5 heteroatoms. The highest BCUT2D eigenvalue weighted by atomic mass is 32.2. The Kier molecular flexibility index (Phi) is 4.01. The number of nitrogens with zero attached hydrogens (tertiary/aromatic N) is 1. The van der Waals surface area contributed by atoms with Gasteiger partial charge in [0.15, 0.2) is 5.12 Å². The Labute approximate surface area is 127 Å². The minimum atomic E-state index is 0.122. The highest BCUT2D eigenvalue weighted by Gasteiger charge is 2.29. The minimum Gasteiger partial charge on any atom is -0.361 e. The van der Waals surface area contributed by atoms with Crippen LogP contribution in [0.5, 0.6) is 0 Å². The van der Waals surface area contributed by atoms with Gasteiger partial charge in [-0.25, -0.2) is 0 Å². The van der Waals surface area contributed by atoms with Crippen LogP contribution >= 0.6 is 11.8 Å². The van der Waals surface area contributed by atoms with E-state index in [1.54, 1.807) is 6.92 Å². The number of nitrogens with one attached hydrogen (secondary N) is 1. The molecule has 1 aromatic carbocycles. The van der Waals surface area contributed by atoms with Crippen LogP contribution in [0, 0.1) is 5.92 Å². The molecule has 2 aromatic rings. The molecule has 21 heavy (non-hydrogen) atoms. The molecule has 2 heterocycles. The van der Waals surface area contributed by atoms with E-state index in [9.17, 15) is 9.59 Å². The molecular weight excluding hydrogens is 284 g/mol. The number of carbonyl (C=O) groups excluding carboxylic acids is 2. The van der Waals surface area contributed by atoms with E-state index in [-0.39, 0.29) is 16.9 Å². The lowest BCUT2D eigenvalue weighted by Crippen LogP contribution is -2.25. The maximum Gasteiger partial charge on any atom is 0.223 e. The molecule has 1 saturated heterocycles. The number of benzene rings is 1. The van der Waals surface area contributed by atoms with Gasteiger partial charge >= 0.3 is 0 Å². The van der Waals surface area contributed by atoms with Gasteiger partial charge in [0, 0.05) is 38.4 Å². The largest absolute Gasteiger partial charge is 0.361 e. The maximum atomic E-state index is 12.1. The number of carbonyl (C=O) groups is 2. The zero-order chi connectivity index (χ0) is 14.8. The van der Waals surface area contributed by atoms with Crippen LogP contribution in [0.2, 0.25) is 0 Å². The second-order valence-electron chi connectivity index (χ2n) is 5.51. The van der Waals surface area contributed by atoms with Gasteiger partial charge in [0.2, 0.25) is 5.91 Å². The fourth-order valence-electron chi connectivity index (χ4n) is 2.84. The second-order valence-corrected chi connectivity index (χ2v) is 6.70. The molecule has 1 amide bonds. The van der Waals surface area contributed by atoms with Crippen molar-refractivity contribution < 1.29 is 9.59 Å². The summed E-state index contributed by atoms with van der Waals surface area (Å²) in [6.45, 7) is 2.96. The molecule has 1 atom stereocenters. The molecule has 1 fully saturated rings. The number of rotatable bonds is 4. The lowest BCUT2D eigenvalue weighted by atomic mass is 10.1. The van der Waals surface area contributed by atoms with Crippen LogP contribution in [0.1, 0.15) is 18.9 Å². The average molecular weight is 302 g/mol. The van der Waals surface area contributed by atoms with E-state index in [4.69, 9.17) is 0 Å². The highest BCUT2D eigenvalue weighted by molar-refractivity contribution is 8.13. The van der Waals surface area contributed by atoms with Gasteiger partial charge in [-0.05, 0) is 22.9 Å². The Morgan fingerprint density at radius 1 is 1.43 bits per heavy atom. The molecule has 0 aliphatic carbocycles. The number of likely N-dealkylation sites (tertiary alicyclic amines) is 1. The second kappa shape index (κ2) is 5.93. The van der Waals surface area contributed by atoms with Gasteiger partial charge < -0.3 is 9.88 Å². The minimum absolute atomic E-state index is 0.122. The van der Waals surface area contributed by atoms with E-state index < -0.39 is 0 Å². The summed E-state index contributed by atoms with van der Waals surface area (Å²) >= 11 is 1.32. The molecule has 0 saturated carbocycles. The van der Waals surface area contributed by atoms with Crippen LogP contribution in [0.15, 0.2) is 30.5 Å². The van der Waals surface area contributed by atoms with Gasteiger partial charge in [-0.15, -0.1) is 0 Å². The first-order valence-corrected chi connectivity index (χ1v) is 8.08. The average Bonchev–Trinajstić information content (AvgIpc) is 3.04. The number of amides is 1. The molecule has 0 spiro atoms. The monoisotopic (exact) mass is 302 g/mol. The summed E-state index contributed by atoms with van der Waals surface area (Å²) in [4.78, 5) is 28.3. The quantitative estimate of drug-likeness (QED) is 0.945. The summed E-state index contributed by atoms with van der Waals surface area (Å²) in [5, 5.41) is 1.29.